The Morgan fingerprint density at radius 1 is 0.643 bits per heavy atom. The molecule has 2 aromatic rings. The minimum atomic E-state index is -0.210. The summed E-state index contributed by atoms with van der Waals surface area (Å²) < 4.78 is 0. The van der Waals surface area contributed by atoms with Crippen LogP contribution in [0.5, 0.6) is 11.5 Å². The number of rotatable bonds is 12. The largest absolute Gasteiger partial charge is 0.507 e. The van der Waals surface area contributed by atoms with E-state index in [4.69, 9.17) is 9.98 Å². The quantitative estimate of drug-likeness (QED) is 0.158. The number of phenols is 2. The van der Waals surface area contributed by atoms with Gasteiger partial charge in [-0.25, -0.2) is 0 Å². The van der Waals surface area contributed by atoms with E-state index in [1.54, 1.807) is 0 Å². The first-order valence-corrected chi connectivity index (χ1v) is 15.9. The van der Waals surface area contributed by atoms with Crippen LogP contribution < -0.4 is 0 Å². The highest BCUT2D eigenvalue weighted by Gasteiger charge is 2.26. The summed E-state index contributed by atoms with van der Waals surface area (Å²) in [5.74, 6) is 0.566. The fraction of sp³-hybridized carbons (Fsp3) is 0.611. The van der Waals surface area contributed by atoms with Crippen molar-refractivity contribution in [3.8, 4) is 11.5 Å². The zero-order chi connectivity index (χ0) is 30.9. The van der Waals surface area contributed by atoms with E-state index in [2.05, 4.69) is 53.7 Å². The molecule has 0 bridgehead atoms. The SMILES string of the molecule is CC(C)(C)c1cc(CCCCO)cc(/C=N/C2CCCCC2/N=C/c2cc(CCCCO)cc(C(C)(C)C)c2O)c1O. The molecule has 2 atom stereocenters. The molecule has 1 aliphatic carbocycles. The molecule has 1 aliphatic rings. The van der Waals surface area contributed by atoms with E-state index in [1.807, 2.05) is 24.6 Å². The van der Waals surface area contributed by atoms with Crippen LogP contribution in [0.15, 0.2) is 34.3 Å². The van der Waals surface area contributed by atoms with Gasteiger partial charge in [-0.15, -0.1) is 0 Å². The van der Waals surface area contributed by atoms with Crippen molar-refractivity contribution in [2.45, 2.75) is 129 Å². The predicted molar refractivity (Wildman–Crippen MR) is 175 cm³/mol. The average Bonchev–Trinajstić information content (AvgIpc) is 2.92. The Labute approximate surface area is 253 Å². The summed E-state index contributed by atoms with van der Waals surface area (Å²) in [7, 11) is 0. The minimum Gasteiger partial charge on any atom is -0.507 e. The number of phenolic OH excluding ortho intramolecular Hbond substituents is 2. The third kappa shape index (κ3) is 9.40. The lowest BCUT2D eigenvalue weighted by atomic mass is 9.83. The molecule has 1 saturated carbocycles. The number of aromatic hydroxyl groups is 2. The molecular weight excluding hydrogens is 524 g/mol. The van der Waals surface area contributed by atoms with Gasteiger partial charge >= 0.3 is 0 Å². The average molecular weight is 579 g/mol. The summed E-state index contributed by atoms with van der Waals surface area (Å²) in [6, 6.07) is 8.24. The Balaban J connectivity index is 1.90. The molecule has 232 valence electrons. The van der Waals surface area contributed by atoms with E-state index in [0.29, 0.717) is 0 Å². The lowest BCUT2D eigenvalue weighted by Crippen LogP contribution is -2.27. The van der Waals surface area contributed by atoms with Crippen molar-refractivity contribution in [3.63, 3.8) is 0 Å². The van der Waals surface area contributed by atoms with Gasteiger partial charge in [0.05, 0.1) is 12.1 Å². The Hall–Kier alpha value is -2.70. The standard InChI is InChI=1S/C36H54N2O4/c1-35(2,3)29-21-25(13-9-11-17-39)19-27(33(29)41)23-37-31-15-7-8-16-32(31)38-24-28-20-26(14-10-12-18-40)22-30(34(28)42)36(4,5)6/h19-24,31-32,39-42H,7-18H2,1-6H3/b37-23+,38-24+. The number of hydrogen-bond donors (Lipinski definition) is 4. The van der Waals surface area contributed by atoms with Gasteiger partial charge in [0.2, 0.25) is 0 Å². The first kappa shape index (κ1) is 33.8. The molecular formula is C36H54N2O4. The zero-order valence-corrected chi connectivity index (χ0v) is 26.8. The molecule has 0 aromatic heterocycles. The van der Waals surface area contributed by atoms with Crippen LogP contribution in [0, 0.1) is 0 Å². The number of unbranched alkanes of at least 4 members (excludes halogenated alkanes) is 2. The maximum Gasteiger partial charge on any atom is 0.128 e. The van der Waals surface area contributed by atoms with Crippen molar-refractivity contribution < 1.29 is 20.4 Å². The monoisotopic (exact) mass is 578 g/mol. The molecule has 2 aromatic carbocycles. The van der Waals surface area contributed by atoms with Gasteiger partial charge < -0.3 is 20.4 Å². The molecule has 1 fully saturated rings. The van der Waals surface area contributed by atoms with Gasteiger partial charge in [0.15, 0.2) is 0 Å². The predicted octanol–water partition coefficient (Wildman–Crippen LogP) is 7.17. The molecule has 0 spiro atoms. The Morgan fingerprint density at radius 2 is 1.02 bits per heavy atom. The Bertz CT molecular complexity index is 1120. The molecule has 4 N–H and O–H groups in total. The molecule has 0 amide bonds. The summed E-state index contributed by atoms with van der Waals surface area (Å²) in [6.45, 7) is 13.0. The van der Waals surface area contributed by atoms with Gasteiger partial charge in [0.1, 0.15) is 11.5 Å². The molecule has 42 heavy (non-hydrogen) atoms. The van der Waals surface area contributed by atoms with Crippen LogP contribution in [-0.4, -0.2) is 58.2 Å². The van der Waals surface area contributed by atoms with E-state index >= 15 is 0 Å². The molecule has 0 heterocycles. The highest BCUT2D eigenvalue weighted by Crippen LogP contribution is 2.36. The van der Waals surface area contributed by atoms with Crippen molar-refractivity contribution in [2.24, 2.45) is 9.98 Å². The van der Waals surface area contributed by atoms with Gasteiger partial charge in [-0.2, -0.15) is 0 Å². The molecule has 0 aliphatic heterocycles. The molecule has 6 heteroatoms. The number of aliphatic imine (C=N–C) groups is 2. The third-order valence-electron chi connectivity index (χ3n) is 8.27. The second-order valence-electron chi connectivity index (χ2n) is 14.0. The van der Waals surface area contributed by atoms with Gasteiger partial charge in [0.25, 0.3) is 0 Å². The van der Waals surface area contributed by atoms with E-state index in [9.17, 15) is 20.4 Å². The molecule has 0 saturated heterocycles. The van der Waals surface area contributed by atoms with Gasteiger partial charge in [-0.05, 0) is 85.5 Å². The lowest BCUT2D eigenvalue weighted by Gasteiger charge is -2.26. The Kier molecular flexibility index (Phi) is 12.2. The van der Waals surface area contributed by atoms with Crippen molar-refractivity contribution >= 4 is 12.4 Å². The summed E-state index contributed by atoms with van der Waals surface area (Å²) >= 11 is 0. The maximum absolute atomic E-state index is 11.2. The first-order valence-electron chi connectivity index (χ1n) is 15.9. The van der Waals surface area contributed by atoms with Crippen molar-refractivity contribution in [3.05, 3.63) is 57.6 Å². The topological polar surface area (TPSA) is 106 Å². The first-order chi connectivity index (χ1) is 19.8. The van der Waals surface area contributed by atoms with Crippen LogP contribution >= 0.6 is 0 Å². The number of nitrogens with zero attached hydrogens (tertiary/aromatic N) is 2. The highest BCUT2D eigenvalue weighted by molar-refractivity contribution is 5.86. The van der Waals surface area contributed by atoms with Crippen molar-refractivity contribution in [1.29, 1.82) is 0 Å². The van der Waals surface area contributed by atoms with Gasteiger partial charge in [-0.1, -0.05) is 66.5 Å². The molecule has 6 nitrogen and oxygen atoms in total. The normalized spacial score (nSPS) is 18.4. The highest BCUT2D eigenvalue weighted by atomic mass is 16.3. The lowest BCUT2D eigenvalue weighted by molar-refractivity contribution is 0.284. The fourth-order valence-electron chi connectivity index (χ4n) is 5.74. The number of aryl methyl sites for hydroxylation is 2. The van der Waals surface area contributed by atoms with E-state index in [1.165, 1.54) is 0 Å². The van der Waals surface area contributed by atoms with E-state index in [0.717, 1.165) is 97.6 Å². The number of benzene rings is 2. The van der Waals surface area contributed by atoms with Crippen LogP contribution in [0.1, 0.15) is 126 Å². The molecule has 2 unspecified atom stereocenters. The van der Waals surface area contributed by atoms with Crippen molar-refractivity contribution in [1.82, 2.24) is 0 Å². The summed E-state index contributed by atoms with van der Waals surface area (Å²) in [5.41, 5.74) is 5.16. The molecule has 0 radical (unpaired) electrons. The smallest absolute Gasteiger partial charge is 0.128 e. The van der Waals surface area contributed by atoms with Gasteiger partial charge in [-0.3, -0.25) is 9.98 Å². The van der Waals surface area contributed by atoms with Crippen LogP contribution in [-0.2, 0) is 23.7 Å². The second kappa shape index (κ2) is 15.2. The summed E-state index contributed by atoms with van der Waals surface area (Å²) in [5, 5.41) is 40.8. The minimum absolute atomic E-state index is 0.00231. The number of aliphatic hydroxyl groups excluding tert-OH is 2. The Morgan fingerprint density at radius 3 is 1.36 bits per heavy atom. The van der Waals surface area contributed by atoms with Gasteiger partial charge in [0, 0.05) is 47.9 Å². The maximum atomic E-state index is 11.2. The fourth-order valence-corrected chi connectivity index (χ4v) is 5.74. The zero-order valence-electron chi connectivity index (χ0n) is 26.8. The number of aliphatic hydroxyl groups is 2. The van der Waals surface area contributed by atoms with Crippen molar-refractivity contribution in [2.75, 3.05) is 13.2 Å². The van der Waals surface area contributed by atoms with Crippen LogP contribution in [0.4, 0.5) is 0 Å². The summed E-state index contributed by atoms with van der Waals surface area (Å²) in [4.78, 5) is 9.98. The van der Waals surface area contributed by atoms with Crippen LogP contribution in [0.3, 0.4) is 0 Å². The van der Waals surface area contributed by atoms with Crippen LogP contribution in [0.25, 0.3) is 0 Å². The molecule has 3 rings (SSSR count). The van der Waals surface area contributed by atoms with E-state index in [-0.39, 0.29) is 47.6 Å². The third-order valence-corrected chi connectivity index (χ3v) is 8.27. The number of hydrogen-bond acceptors (Lipinski definition) is 6. The van der Waals surface area contributed by atoms with E-state index < -0.39 is 0 Å². The second-order valence-corrected chi connectivity index (χ2v) is 14.0. The van der Waals surface area contributed by atoms with Crippen LogP contribution in [0.2, 0.25) is 0 Å². The summed E-state index contributed by atoms with van der Waals surface area (Å²) in [6.07, 6.45) is 12.7.